The van der Waals surface area contributed by atoms with Gasteiger partial charge in [0.1, 0.15) is 10.9 Å². The zero-order chi connectivity index (χ0) is 12.7. The molecule has 1 aromatic carbocycles. The van der Waals surface area contributed by atoms with E-state index >= 15 is 0 Å². The first-order valence-electron chi connectivity index (χ1n) is 5.94. The van der Waals surface area contributed by atoms with E-state index in [1.165, 1.54) is 23.5 Å². The second kappa shape index (κ2) is 7.28. The highest BCUT2D eigenvalue weighted by atomic mass is 32.2. The monoisotopic (exact) mass is 251 g/mol. The van der Waals surface area contributed by atoms with Crippen LogP contribution in [0.3, 0.4) is 0 Å². The van der Waals surface area contributed by atoms with E-state index < -0.39 is 0 Å². The number of thioether (sulfide) groups is 1. The van der Waals surface area contributed by atoms with Crippen molar-refractivity contribution in [2.45, 2.75) is 27.2 Å². The Bertz CT molecular complexity index is 407. The first-order chi connectivity index (χ1) is 8.29. The maximum atomic E-state index is 12.7. The van der Waals surface area contributed by atoms with E-state index in [1.807, 2.05) is 26.0 Å². The zero-order valence-corrected chi connectivity index (χ0v) is 11.4. The van der Waals surface area contributed by atoms with E-state index in [-0.39, 0.29) is 5.83 Å². The molecule has 0 unspecified atom stereocenters. The predicted octanol–water partition coefficient (Wildman–Crippen LogP) is 4.58. The number of hydrogen-bond acceptors (Lipinski definition) is 2. The number of aliphatic imine (C=N–C) groups is 1. The van der Waals surface area contributed by atoms with Gasteiger partial charge in [0.2, 0.25) is 0 Å². The van der Waals surface area contributed by atoms with Crippen LogP contribution in [0.1, 0.15) is 31.9 Å². The summed E-state index contributed by atoms with van der Waals surface area (Å²) in [4.78, 5) is 4.08. The summed E-state index contributed by atoms with van der Waals surface area (Å²) < 4.78 is 12.7. The van der Waals surface area contributed by atoms with Crippen molar-refractivity contribution >= 4 is 16.8 Å². The van der Waals surface area contributed by atoms with Crippen LogP contribution in [0.15, 0.2) is 41.3 Å². The van der Waals surface area contributed by atoms with Crippen molar-refractivity contribution in [1.82, 2.24) is 0 Å². The third-order valence-corrected chi connectivity index (χ3v) is 3.31. The Balaban J connectivity index is 0.000000686. The SMILES string of the molecule is CC.CCc1ccc(C2=NC=C(F)CS2)cc1. The lowest BCUT2D eigenvalue weighted by Gasteiger charge is -2.09. The molecule has 0 aliphatic carbocycles. The zero-order valence-electron chi connectivity index (χ0n) is 10.5. The van der Waals surface area contributed by atoms with Gasteiger partial charge in [-0.15, -0.1) is 0 Å². The average molecular weight is 251 g/mol. The van der Waals surface area contributed by atoms with Crippen LogP contribution in [-0.2, 0) is 6.42 Å². The fraction of sp³-hybridized carbons (Fsp3) is 0.357. The molecule has 0 radical (unpaired) electrons. The fourth-order valence-electron chi connectivity index (χ4n) is 1.38. The topological polar surface area (TPSA) is 12.4 Å². The van der Waals surface area contributed by atoms with Gasteiger partial charge < -0.3 is 0 Å². The summed E-state index contributed by atoms with van der Waals surface area (Å²) in [5, 5.41) is 0.902. The molecule has 92 valence electrons. The molecule has 0 spiro atoms. The molecule has 3 heteroatoms. The van der Waals surface area contributed by atoms with Gasteiger partial charge >= 0.3 is 0 Å². The van der Waals surface area contributed by atoms with Gasteiger partial charge in [0, 0.05) is 5.56 Å². The van der Waals surface area contributed by atoms with Crippen molar-refractivity contribution < 1.29 is 4.39 Å². The number of benzene rings is 1. The highest BCUT2D eigenvalue weighted by Crippen LogP contribution is 2.22. The maximum absolute atomic E-state index is 12.7. The van der Waals surface area contributed by atoms with Crippen molar-refractivity contribution in [2.24, 2.45) is 4.99 Å². The summed E-state index contributed by atoms with van der Waals surface area (Å²) in [5.74, 6) is 0.239. The van der Waals surface area contributed by atoms with Crippen LogP contribution in [-0.4, -0.2) is 10.8 Å². The van der Waals surface area contributed by atoms with Gasteiger partial charge in [-0.05, 0) is 12.0 Å². The van der Waals surface area contributed by atoms with Gasteiger partial charge in [-0.3, -0.25) is 0 Å². The first kappa shape index (κ1) is 14.0. The van der Waals surface area contributed by atoms with Crippen LogP contribution in [0.5, 0.6) is 0 Å². The minimum absolute atomic E-state index is 0.158. The molecular formula is C14H18FNS. The van der Waals surface area contributed by atoms with Crippen LogP contribution < -0.4 is 0 Å². The van der Waals surface area contributed by atoms with Gasteiger partial charge in [-0.1, -0.05) is 56.8 Å². The van der Waals surface area contributed by atoms with Gasteiger partial charge in [0.15, 0.2) is 0 Å². The molecule has 1 aliphatic heterocycles. The maximum Gasteiger partial charge on any atom is 0.128 e. The van der Waals surface area contributed by atoms with Crippen molar-refractivity contribution in [1.29, 1.82) is 0 Å². The standard InChI is InChI=1S/C12H12FNS.C2H6/c1-2-9-3-5-10(6-4-9)12-14-7-11(13)8-15-12;1-2/h3-7H,2,8H2,1H3;1-2H3. The third-order valence-electron chi connectivity index (χ3n) is 2.28. The van der Waals surface area contributed by atoms with Gasteiger partial charge in [-0.2, -0.15) is 0 Å². The smallest absolute Gasteiger partial charge is 0.128 e. The molecule has 1 nitrogen and oxygen atoms in total. The number of rotatable bonds is 2. The Labute approximate surface area is 107 Å². The van der Waals surface area contributed by atoms with Gasteiger partial charge in [0.05, 0.1) is 12.0 Å². The molecule has 0 atom stereocenters. The molecule has 0 saturated carbocycles. The van der Waals surface area contributed by atoms with Crippen LogP contribution in [0.2, 0.25) is 0 Å². The van der Waals surface area contributed by atoms with E-state index in [0.717, 1.165) is 17.0 Å². The largest absolute Gasteiger partial charge is 0.247 e. The number of hydrogen-bond donors (Lipinski definition) is 0. The first-order valence-corrected chi connectivity index (χ1v) is 6.92. The van der Waals surface area contributed by atoms with E-state index in [2.05, 4.69) is 24.0 Å². The Morgan fingerprint density at radius 1 is 1.24 bits per heavy atom. The van der Waals surface area contributed by atoms with E-state index in [9.17, 15) is 4.39 Å². The molecule has 0 bridgehead atoms. The molecular weight excluding hydrogens is 233 g/mol. The van der Waals surface area contributed by atoms with Crippen molar-refractivity contribution in [2.75, 3.05) is 5.75 Å². The highest BCUT2D eigenvalue weighted by Gasteiger charge is 2.09. The summed E-state index contributed by atoms with van der Waals surface area (Å²) in [5.41, 5.74) is 2.38. The Hall–Kier alpha value is -1.09. The van der Waals surface area contributed by atoms with E-state index in [0.29, 0.717) is 5.75 Å². The second-order valence-corrected chi connectivity index (χ2v) is 4.31. The fourth-order valence-corrected chi connectivity index (χ4v) is 2.16. The average Bonchev–Trinajstić information content (AvgIpc) is 2.42. The molecule has 17 heavy (non-hydrogen) atoms. The summed E-state index contributed by atoms with van der Waals surface area (Å²) in [7, 11) is 0. The molecule has 1 heterocycles. The molecule has 0 fully saturated rings. The second-order valence-electron chi connectivity index (χ2n) is 3.35. The van der Waals surface area contributed by atoms with Crippen molar-refractivity contribution in [3.8, 4) is 0 Å². The van der Waals surface area contributed by atoms with Gasteiger partial charge in [0.25, 0.3) is 0 Å². The normalized spacial score (nSPS) is 14.4. The van der Waals surface area contributed by atoms with Crippen LogP contribution in [0.25, 0.3) is 0 Å². The summed E-state index contributed by atoms with van der Waals surface area (Å²) in [6, 6.07) is 8.27. The van der Waals surface area contributed by atoms with E-state index in [4.69, 9.17) is 0 Å². The molecule has 1 aliphatic rings. The molecule has 0 amide bonds. The summed E-state index contributed by atoms with van der Waals surface area (Å²) in [6.45, 7) is 6.12. The van der Waals surface area contributed by atoms with Crippen molar-refractivity contribution in [3.63, 3.8) is 0 Å². The van der Waals surface area contributed by atoms with Crippen LogP contribution in [0, 0.1) is 0 Å². The lowest BCUT2D eigenvalue weighted by atomic mass is 10.1. The Morgan fingerprint density at radius 2 is 1.88 bits per heavy atom. The molecule has 0 saturated heterocycles. The molecule has 1 aromatic rings. The molecule has 0 aromatic heterocycles. The lowest BCUT2D eigenvalue weighted by molar-refractivity contribution is 0.641. The minimum atomic E-state index is -0.158. The number of halogens is 1. The number of aryl methyl sites for hydroxylation is 1. The predicted molar refractivity (Wildman–Crippen MR) is 75.4 cm³/mol. The lowest BCUT2D eigenvalue weighted by Crippen LogP contribution is -2.01. The Morgan fingerprint density at radius 3 is 2.35 bits per heavy atom. The summed E-state index contributed by atoms with van der Waals surface area (Å²) >= 11 is 1.44. The molecule has 0 N–H and O–H groups in total. The number of nitrogens with zero attached hydrogens (tertiary/aromatic N) is 1. The third kappa shape index (κ3) is 4.00. The quantitative estimate of drug-likeness (QED) is 0.749. The minimum Gasteiger partial charge on any atom is -0.247 e. The van der Waals surface area contributed by atoms with E-state index in [1.54, 1.807) is 0 Å². The van der Waals surface area contributed by atoms with Crippen LogP contribution >= 0.6 is 11.8 Å². The van der Waals surface area contributed by atoms with Crippen LogP contribution in [0.4, 0.5) is 4.39 Å². The summed E-state index contributed by atoms with van der Waals surface area (Å²) in [6.07, 6.45) is 2.34. The Kier molecular flexibility index (Phi) is 5.98. The highest BCUT2D eigenvalue weighted by molar-refractivity contribution is 8.14. The molecule has 2 rings (SSSR count). The van der Waals surface area contributed by atoms with Gasteiger partial charge in [-0.25, -0.2) is 9.38 Å². The van der Waals surface area contributed by atoms with Crippen molar-refractivity contribution in [3.05, 3.63) is 47.4 Å².